The van der Waals surface area contributed by atoms with Gasteiger partial charge in [-0.15, -0.1) is 0 Å². The van der Waals surface area contributed by atoms with Gasteiger partial charge >= 0.3 is 12.2 Å². The molecule has 0 aliphatic rings. The molecule has 0 unspecified atom stereocenters. The summed E-state index contributed by atoms with van der Waals surface area (Å²) in [6, 6.07) is 11.2. The lowest BCUT2D eigenvalue weighted by atomic mass is 10.1. The Morgan fingerprint density at radius 2 is 1.86 bits per heavy atom. The van der Waals surface area contributed by atoms with E-state index in [0.29, 0.717) is 23.8 Å². The van der Waals surface area contributed by atoms with Crippen LogP contribution in [-0.4, -0.2) is 24.7 Å². The Kier molecular flexibility index (Phi) is 6.06. The molecule has 9 heteroatoms. The summed E-state index contributed by atoms with van der Waals surface area (Å²) in [7, 11) is 1.57. The SMILES string of the molecule is COc1ccc(-c2nc(CCNC(=O)Nc3ccccc3C(F)(F)F)co2)cc1. The van der Waals surface area contributed by atoms with E-state index in [1.165, 1.54) is 24.5 Å². The number of urea groups is 1. The molecule has 0 bridgehead atoms. The van der Waals surface area contributed by atoms with Crippen molar-refractivity contribution in [1.29, 1.82) is 0 Å². The number of hydrogen-bond donors (Lipinski definition) is 2. The van der Waals surface area contributed by atoms with Crippen LogP contribution in [0.3, 0.4) is 0 Å². The number of benzene rings is 2. The molecule has 2 amide bonds. The summed E-state index contributed by atoms with van der Waals surface area (Å²) < 4.78 is 49.4. The average Bonchev–Trinajstić information content (AvgIpc) is 3.16. The Morgan fingerprint density at radius 3 is 2.55 bits per heavy atom. The number of aromatic nitrogens is 1. The van der Waals surface area contributed by atoms with Crippen LogP contribution in [0, 0.1) is 0 Å². The van der Waals surface area contributed by atoms with Gasteiger partial charge in [0, 0.05) is 18.5 Å². The third-order valence-electron chi connectivity index (χ3n) is 4.04. The van der Waals surface area contributed by atoms with Crippen molar-refractivity contribution in [3.63, 3.8) is 0 Å². The quantitative estimate of drug-likeness (QED) is 0.622. The summed E-state index contributed by atoms with van der Waals surface area (Å²) in [5.74, 6) is 1.13. The number of rotatable bonds is 6. The first-order valence-electron chi connectivity index (χ1n) is 8.66. The molecule has 152 valence electrons. The van der Waals surface area contributed by atoms with Gasteiger partial charge in [-0.25, -0.2) is 9.78 Å². The normalized spacial score (nSPS) is 11.2. The monoisotopic (exact) mass is 405 g/mol. The summed E-state index contributed by atoms with van der Waals surface area (Å²) in [5, 5.41) is 4.73. The number of carbonyl (C=O) groups excluding carboxylic acids is 1. The minimum absolute atomic E-state index is 0.175. The van der Waals surface area contributed by atoms with Crippen molar-refractivity contribution in [2.75, 3.05) is 19.0 Å². The lowest BCUT2D eigenvalue weighted by Crippen LogP contribution is -2.31. The van der Waals surface area contributed by atoms with Gasteiger partial charge in [-0.05, 0) is 36.4 Å². The number of hydrogen-bond acceptors (Lipinski definition) is 4. The number of carbonyl (C=O) groups is 1. The summed E-state index contributed by atoms with van der Waals surface area (Å²) in [5.41, 5.74) is 0.162. The van der Waals surface area contributed by atoms with Gasteiger partial charge in [0.2, 0.25) is 5.89 Å². The van der Waals surface area contributed by atoms with Gasteiger partial charge in [0.15, 0.2) is 0 Å². The van der Waals surface area contributed by atoms with E-state index < -0.39 is 17.8 Å². The highest BCUT2D eigenvalue weighted by Gasteiger charge is 2.33. The van der Waals surface area contributed by atoms with Crippen molar-refractivity contribution in [3.05, 3.63) is 66.1 Å². The predicted octanol–water partition coefficient (Wildman–Crippen LogP) is 4.73. The average molecular weight is 405 g/mol. The molecular formula is C20H18F3N3O3. The van der Waals surface area contributed by atoms with Gasteiger partial charge in [-0.3, -0.25) is 0 Å². The van der Waals surface area contributed by atoms with Gasteiger partial charge in [0.1, 0.15) is 12.0 Å². The topological polar surface area (TPSA) is 76.4 Å². The molecule has 0 atom stereocenters. The Balaban J connectivity index is 1.53. The highest BCUT2D eigenvalue weighted by Crippen LogP contribution is 2.34. The molecule has 6 nitrogen and oxygen atoms in total. The van der Waals surface area contributed by atoms with Crippen molar-refractivity contribution >= 4 is 11.7 Å². The fourth-order valence-electron chi connectivity index (χ4n) is 2.60. The first-order valence-corrected chi connectivity index (χ1v) is 8.66. The number of para-hydroxylation sites is 1. The van der Waals surface area contributed by atoms with Crippen LogP contribution in [0.1, 0.15) is 11.3 Å². The van der Waals surface area contributed by atoms with Gasteiger partial charge in [-0.2, -0.15) is 13.2 Å². The predicted molar refractivity (Wildman–Crippen MR) is 101 cm³/mol. The molecule has 0 saturated heterocycles. The van der Waals surface area contributed by atoms with E-state index >= 15 is 0 Å². The number of halogens is 3. The first-order chi connectivity index (χ1) is 13.9. The fourth-order valence-corrected chi connectivity index (χ4v) is 2.60. The van der Waals surface area contributed by atoms with Gasteiger partial charge in [0.05, 0.1) is 24.1 Å². The Labute approximate surface area is 164 Å². The van der Waals surface area contributed by atoms with E-state index in [1.807, 2.05) is 0 Å². The third-order valence-corrected chi connectivity index (χ3v) is 4.04. The molecule has 0 fully saturated rings. The maximum atomic E-state index is 13.0. The van der Waals surface area contributed by atoms with E-state index in [4.69, 9.17) is 9.15 Å². The zero-order valence-electron chi connectivity index (χ0n) is 15.4. The molecule has 0 spiro atoms. The molecular weight excluding hydrogens is 387 g/mol. The van der Waals surface area contributed by atoms with Crippen LogP contribution in [-0.2, 0) is 12.6 Å². The first kappa shape index (κ1) is 20.2. The molecule has 1 heterocycles. The van der Waals surface area contributed by atoms with Crippen LogP contribution < -0.4 is 15.4 Å². The van der Waals surface area contributed by atoms with E-state index in [-0.39, 0.29) is 12.2 Å². The molecule has 0 saturated carbocycles. The minimum Gasteiger partial charge on any atom is -0.497 e. The molecule has 2 aromatic carbocycles. The lowest BCUT2D eigenvalue weighted by Gasteiger charge is -2.13. The second kappa shape index (κ2) is 8.68. The van der Waals surface area contributed by atoms with Crippen molar-refractivity contribution in [2.24, 2.45) is 0 Å². The maximum absolute atomic E-state index is 13.0. The summed E-state index contributed by atoms with van der Waals surface area (Å²) in [6.45, 7) is 0.175. The number of amides is 2. The highest BCUT2D eigenvalue weighted by atomic mass is 19.4. The maximum Gasteiger partial charge on any atom is 0.418 e. The molecule has 3 rings (SSSR count). The number of nitrogens with one attached hydrogen (secondary N) is 2. The third kappa shape index (κ3) is 5.28. The fraction of sp³-hybridized carbons (Fsp3) is 0.200. The molecule has 1 aromatic heterocycles. The van der Waals surface area contributed by atoms with Crippen LogP contribution in [0.5, 0.6) is 5.75 Å². The van der Waals surface area contributed by atoms with Crippen LogP contribution in [0.2, 0.25) is 0 Å². The van der Waals surface area contributed by atoms with E-state index in [9.17, 15) is 18.0 Å². The number of alkyl halides is 3. The Bertz CT molecular complexity index is 969. The van der Waals surface area contributed by atoms with E-state index in [0.717, 1.165) is 11.6 Å². The zero-order valence-corrected chi connectivity index (χ0v) is 15.4. The summed E-state index contributed by atoms with van der Waals surface area (Å²) in [4.78, 5) is 16.3. The molecule has 0 radical (unpaired) electrons. The lowest BCUT2D eigenvalue weighted by molar-refractivity contribution is -0.136. The standard InChI is InChI=1S/C20H18F3N3O3/c1-28-15-8-6-13(7-9-15)18-25-14(12-29-18)10-11-24-19(27)26-17-5-3-2-4-16(17)20(21,22)23/h2-9,12H,10-11H2,1H3,(H2,24,26,27). The number of anilines is 1. The summed E-state index contributed by atoms with van der Waals surface area (Å²) in [6.07, 6.45) is -2.73. The Morgan fingerprint density at radius 1 is 1.14 bits per heavy atom. The second-order valence-corrected chi connectivity index (χ2v) is 6.05. The largest absolute Gasteiger partial charge is 0.497 e. The number of ether oxygens (including phenoxy) is 1. The van der Waals surface area contributed by atoms with Gasteiger partial charge in [0.25, 0.3) is 0 Å². The molecule has 0 aliphatic heterocycles. The number of oxazole rings is 1. The molecule has 0 aliphatic carbocycles. The van der Waals surface area contributed by atoms with Crippen molar-refractivity contribution in [3.8, 4) is 17.2 Å². The van der Waals surface area contributed by atoms with Crippen molar-refractivity contribution < 1.29 is 27.1 Å². The van der Waals surface area contributed by atoms with Crippen molar-refractivity contribution in [1.82, 2.24) is 10.3 Å². The van der Waals surface area contributed by atoms with E-state index in [1.54, 1.807) is 31.4 Å². The number of nitrogens with zero attached hydrogens (tertiary/aromatic N) is 1. The van der Waals surface area contributed by atoms with Crippen molar-refractivity contribution in [2.45, 2.75) is 12.6 Å². The number of methoxy groups -OCH3 is 1. The summed E-state index contributed by atoms with van der Waals surface area (Å²) >= 11 is 0. The second-order valence-electron chi connectivity index (χ2n) is 6.05. The Hall–Kier alpha value is -3.49. The highest BCUT2D eigenvalue weighted by molar-refractivity contribution is 5.90. The minimum atomic E-state index is -4.55. The molecule has 3 aromatic rings. The van der Waals surface area contributed by atoms with Gasteiger partial charge in [-0.1, -0.05) is 12.1 Å². The zero-order chi connectivity index (χ0) is 20.9. The molecule has 29 heavy (non-hydrogen) atoms. The van der Waals surface area contributed by atoms with Crippen LogP contribution >= 0.6 is 0 Å². The van der Waals surface area contributed by atoms with Crippen LogP contribution in [0.4, 0.5) is 23.7 Å². The molecule has 2 N–H and O–H groups in total. The smallest absolute Gasteiger partial charge is 0.418 e. The van der Waals surface area contributed by atoms with Crippen LogP contribution in [0.15, 0.2) is 59.2 Å². The van der Waals surface area contributed by atoms with Crippen LogP contribution in [0.25, 0.3) is 11.5 Å². The van der Waals surface area contributed by atoms with Gasteiger partial charge < -0.3 is 19.8 Å². The van der Waals surface area contributed by atoms with E-state index in [2.05, 4.69) is 15.6 Å².